The molecule has 0 amide bonds. The second kappa shape index (κ2) is 13.0. The molecule has 8 nitrogen and oxygen atoms in total. The van der Waals surface area contributed by atoms with Gasteiger partial charge in [0.2, 0.25) is 0 Å². The van der Waals surface area contributed by atoms with Gasteiger partial charge in [-0.25, -0.2) is 13.5 Å². The van der Waals surface area contributed by atoms with Crippen molar-refractivity contribution in [2.45, 2.75) is 38.9 Å². The van der Waals surface area contributed by atoms with Crippen LogP contribution >= 0.6 is 0 Å². The summed E-state index contributed by atoms with van der Waals surface area (Å²) in [7, 11) is 1.62. The van der Waals surface area contributed by atoms with E-state index in [1.807, 2.05) is 0 Å². The molecule has 184 valence electrons. The Labute approximate surface area is 229 Å². The minimum Gasteiger partial charge on any atom is -0.550 e. The standard InChI is InChI=1S/C25H26F2N4O4.Na/c1-14-10-16(26)4-7-20(14)24(21-8-5-17(27)11-15(21)2)22(25-28-29-30-31(25)3)9-6-18(32)12-19(33)13-23(34)35;/h4-11,18-19,32-33H,12-13H2,1-3H3,(H,34,35);/q;+1/p-1/b9-6+;. The number of tetrazole rings is 1. The molecule has 2 atom stereocenters. The molecule has 36 heavy (non-hydrogen) atoms. The Balaban J connectivity index is 0.00000456. The van der Waals surface area contributed by atoms with Crippen molar-refractivity contribution >= 4 is 17.1 Å². The maximum atomic E-state index is 13.9. The average molecular weight is 506 g/mol. The van der Waals surface area contributed by atoms with Crippen molar-refractivity contribution in [1.29, 1.82) is 0 Å². The Morgan fingerprint density at radius 2 is 1.64 bits per heavy atom. The minimum atomic E-state index is -1.43. The molecule has 3 rings (SSSR count). The number of benzene rings is 2. The molecule has 0 aliphatic heterocycles. The van der Waals surface area contributed by atoms with Crippen LogP contribution in [0.5, 0.6) is 0 Å². The maximum absolute atomic E-state index is 13.9. The van der Waals surface area contributed by atoms with Crippen LogP contribution in [0.2, 0.25) is 0 Å². The fourth-order valence-corrected chi connectivity index (χ4v) is 3.82. The van der Waals surface area contributed by atoms with E-state index in [9.17, 15) is 28.9 Å². The van der Waals surface area contributed by atoms with Crippen LogP contribution in [0.3, 0.4) is 0 Å². The molecular formula is C25H25F2N4NaO4. The molecule has 3 aromatic rings. The normalized spacial score (nSPS) is 12.8. The Hall–Kier alpha value is -2.76. The third-order valence-corrected chi connectivity index (χ3v) is 5.45. The fraction of sp³-hybridized carbons (Fsp3) is 0.280. The molecule has 11 heteroatoms. The summed E-state index contributed by atoms with van der Waals surface area (Å²) in [5.41, 5.74) is 3.49. The molecule has 0 fully saturated rings. The van der Waals surface area contributed by atoms with Crippen molar-refractivity contribution in [3.8, 4) is 0 Å². The van der Waals surface area contributed by atoms with E-state index in [4.69, 9.17) is 0 Å². The molecular weight excluding hydrogens is 481 g/mol. The molecule has 0 aliphatic rings. The number of hydrogen-bond donors (Lipinski definition) is 2. The second-order valence-corrected chi connectivity index (χ2v) is 8.23. The number of carbonyl (C=O) groups is 1. The summed E-state index contributed by atoms with van der Waals surface area (Å²) in [6.45, 7) is 3.47. The molecule has 2 aromatic carbocycles. The molecule has 2 N–H and O–H groups in total. The first-order valence-electron chi connectivity index (χ1n) is 10.8. The number of halogens is 2. The molecule has 0 aliphatic carbocycles. The third kappa shape index (κ3) is 7.37. The Morgan fingerprint density at radius 1 is 1.08 bits per heavy atom. The van der Waals surface area contributed by atoms with Gasteiger partial charge >= 0.3 is 29.6 Å². The van der Waals surface area contributed by atoms with Crippen molar-refractivity contribution in [2.24, 2.45) is 7.05 Å². The van der Waals surface area contributed by atoms with Gasteiger partial charge in [0.05, 0.1) is 12.2 Å². The van der Waals surface area contributed by atoms with Crippen molar-refractivity contribution in [2.75, 3.05) is 0 Å². The summed E-state index contributed by atoms with van der Waals surface area (Å²) >= 11 is 0. The van der Waals surface area contributed by atoms with E-state index in [1.165, 1.54) is 35.0 Å². The first-order valence-corrected chi connectivity index (χ1v) is 10.8. The zero-order chi connectivity index (χ0) is 25.7. The summed E-state index contributed by atoms with van der Waals surface area (Å²) in [6, 6.07) is 8.55. The third-order valence-electron chi connectivity index (χ3n) is 5.45. The molecule has 0 radical (unpaired) electrons. The molecule has 1 heterocycles. The van der Waals surface area contributed by atoms with Crippen molar-refractivity contribution in [3.63, 3.8) is 0 Å². The van der Waals surface area contributed by atoms with Crippen LogP contribution in [0.15, 0.2) is 48.6 Å². The first kappa shape index (κ1) is 29.5. The number of aromatic nitrogens is 4. The van der Waals surface area contributed by atoms with Gasteiger partial charge in [0.15, 0.2) is 5.82 Å². The number of allylic oxidation sites excluding steroid dienone is 2. The van der Waals surface area contributed by atoms with Gasteiger partial charge in [-0.1, -0.05) is 24.3 Å². The smallest absolute Gasteiger partial charge is 0.550 e. The van der Waals surface area contributed by atoms with E-state index in [0.717, 1.165) is 0 Å². The Bertz CT molecular complexity index is 1240. The molecule has 0 saturated carbocycles. The van der Waals surface area contributed by atoms with Gasteiger partial charge in [-0.3, -0.25) is 0 Å². The zero-order valence-corrected chi connectivity index (χ0v) is 22.4. The van der Waals surface area contributed by atoms with Crippen LogP contribution < -0.4 is 34.7 Å². The van der Waals surface area contributed by atoms with Crippen molar-refractivity contribution in [3.05, 3.63) is 88.3 Å². The molecule has 0 bridgehead atoms. The number of aliphatic hydroxyl groups is 2. The summed E-state index contributed by atoms with van der Waals surface area (Å²) in [4.78, 5) is 10.7. The number of aliphatic carboxylic acids is 1. The number of rotatable bonds is 9. The van der Waals surface area contributed by atoms with Gasteiger partial charge in [-0.2, -0.15) is 0 Å². The summed E-state index contributed by atoms with van der Waals surface area (Å²) in [5, 5.41) is 42.6. The van der Waals surface area contributed by atoms with E-state index >= 15 is 0 Å². The number of aliphatic hydroxyl groups excluding tert-OH is 2. The number of carboxylic acid groups (broad SMARTS) is 1. The van der Waals surface area contributed by atoms with Crippen molar-refractivity contribution < 1.29 is 58.5 Å². The van der Waals surface area contributed by atoms with Crippen LogP contribution in [0.25, 0.3) is 11.1 Å². The van der Waals surface area contributed by atoms with E-state index in [0.29, 0.717) is 39.2 Å². The van der Waals surface area contributed by atoms with Gasteiger partial charge in [-0.15, -0.1) is 5.10 Å². The Morgan fingerprint density at radius 3 is 2.08 bits per heavy atom. The predicted molar refractivity (Wildman–Crippen MR) is 122 cm³/mol. The predicted octanol–water partition coefficient (Wildman–Crippen LogP) is -1.12. The van der Waals surface area contributed by atoms with Crippen LogP contribution in [0, 0.1) is 25.5 Å². The molecule has 2 unspecified atom stereocenters. The quantitative estimate of drug-likeness (QED) is 0.278. The van der Waals surface area contributed by atoms with E-state index < -0.39 is 36.2 Å². The first-order chi connectivity index (χ1) is 16.6. The number of carboxylic acids is 1. The molecule has 0 spiro atoms. The Kier molecular flexibility index (Phi) is 10.6. The summed E-state index contributed by atoms with van der Waals surface area (Å²) in [6.07, 6.45) is -0.444. The van der Waals surface area contributed by atoms with Crippen LogP contribution in [-0.4, -0.2) is 48.6 Å². The summed E-state index contributed by atoms with van der Waals surface area (Å²) < 4.78 is 29.3. The van der Waals surface area contributed by atoms with Crippen molar-refractivity contribution in [1.82, 2.24) is 20.2 Å². The van der Waals surface area contributed by atoms with E-state index in [1.54, 1.807) is 39.1 Å². The topological polar surface area (TPSA) is 124 Å². The van der Waals surface area contributed by atoms with Gasteiger partial charge in [-0.05, 0) is 70.8 Å². The summed E-state index contributed by atoms with van der Waals surface area (Å²) in [5.74, 6) is -1.96. The number of nitrogens with zero attached hydrogens (tertiary/aromatic N) is 4. The number of hydrogen-bond acceptors (Lipinski definition) is 7. The maximum Gasteiger partial charge on any atom is 1.00 e. The van der Waals surface area contributed by atoms with Crippen LogP contribution in [0.1, 0.15) is 40.9 Å². The van der Waals surface area contributed by atoms with E-state index in [2.05, 4.69) is 15.5 Å². The number of carbonyl (C=O) groups excluding carboxylic acids is 1. The van der Waals surface area contributed by atoms with Gasteiger partial charge in [0.25, 0.3) is 0 Å². The average Bonchev–Trinajstić information content (AvgIpc) is 3.17. The molecule has 1 aromatic heterocycles. The van der Waals surface area contributed by atoms with E-state index in [-0.39, 0.29) is 36.0 Å². The minimum absolute atomic E-state index is 0. The van der Waals surface area contributed by atoms with Crippen LogP contribution in [-0.2, 0) is 11.8 Å². The second-order valence-electron chi connectivity index (χ2n) is 8.23. The van der Waals surface area contributed by atoms with Gasteiger partial charge in [0.1, 0.15) is 11.6 Å². The largest absolute Gasteiger partial charge is 1.00 e. The van der Waals surface area contributed by atoms with Gasteiger partial charge < -0.3 is 20.1 Å². The SMILES string of the molecule is Cc1cc(F)ccc1C(=C(/C=C/C(O)CC(O)CC(=O)[O-])c1nnnn1C)c1ccc(F)cc1C.[Na+]. The fourth-order valence-electron chi connectivity index (χ4n) is 3.82. The zero-order valence-electron chi connectivity index (χ0n) is 20.4. The molecule has 0 saturated heterocycles. The monoisotopic (exact) mass is 506 g/mol. The van der Waals surface area contributed by atoms with Gasteiger partial charge in [0, 0.05) is 37.0 Å². The van der Waals surface area contributed by atoms with Crippen LogP contribution in [0.4, 0.5) is 8.78 Å². The number of aryl methyl sites for hydroxylation is 3.